The fraction of sp³-hybridized carbons (Fsp3) is 0.625. The summed E-state index contributed by atoms with van der Waals surface area (Å²) in [5.41, 5.74) is 2.95. The van der Waals surface area contributed by atoms with Gasteiger partial charge < -0.3 is 14.6 Å². The minimum Gasteiger partial charge on any atom is -0.504 e. The number of fused-ring (bicyclic) bond motifs is 1. The fourth-order valence-corrected chi connectivity index (χ4v) is 2.47. The maximum Gasteiger partial charge on any atom is 0.189 e. The normalized spacial score (nSPS) is 15.9. The summed E-state index contributed by atoms with van der Waals surface area (Å²) in [7, 11) is 0. The van der Waals surface area contributed by atoms with Crippen molar-refractivity contribution in [3.63, 3.8) is 0 Å². The second-order valence-corrected chi connectivity index (χ2v) is 7.24. The molecule has 0 amide bonds. The first-order valence-electron chi connectivity index (χ1n) is 6.72. The molecule has 1 aromatic rings. The molecule has 1 N–H and O–H groups in total. The van der Waals surface area contributed by atoms with Crippen molar-refractivity contribution in [3.8, 4) is 11.5 Å². The summed E-state index contributed by atoms with van der Waals surface area (Å²) in [5, 5.41) is 10.5. The molecule has 0 atom stereocenters. The Bertz CT molecular complexity index is 490. The molecule has 0 saturated carbocycles. The molecule has 0 saturated heterocycles. The van der Waals surface area contributed by atoms with Gasteiger partial charge in [-0.3, -0.25) is 0 Å². The van der Waals surface area contributed by atoms with E-state index in [0.29, 0.717) is 12.4 Å². The van der Waals surface area contributed by atoms with Crippen LogP contribution in [0.2, 0.25) is 0 Å². The lowest BCUT2D eigenvalue weighted by Gasteiger charge is -2.32. The van der Waals surface area contributed by atoms with Crippen LogP contribution in [0.4, 0.5) is 0 Å². The van der Waals surface area contributed by atoms with E-state index in [1.165, 1.54) is 5.56 Å². The van der Waals surface area contributed by atoms with E-state index in [0.717, 1.165) is 11.1 Å². The number of aromatic hydroxyl groups is 1. The van der Waals surface area contributed by atoms with Crippen LogP contribution in [-0.4, -0.2) is 11.9 Å². The van der Waals surface area contributed by atoms with Crippen LogP contribution >= 0.6 is 0 Å². The molecule has 1 aliphatic rings. The smallest absolute Gasteiger partial charge is 0.189 e. The summed E-state index contributed by atoms with van der Waals surface area (Å²) in [6, 6.07) is 2.10. The third kappa shape index (κ3) is 2.57. The molecule has 2 rings (SSSR count). The standard InChI is InChI=1S/C16H24O3/c1-15(2,3)11-7-12(16(4,5)6)13(17)14-10(11)8-18-9-19-14/h7,17H,8-9H2,1-6H3. The van der Waals surface area contributed by atoms with E-state index in [1.54, 1.807) is 0 Å². The van der Waals surface area contributed by atoms with Crippen LogP contribution in [0.15, 0.2) is 6.07 Å². The summed E-state index contributed by atoms with van der Waals surface area (Å²) in [4.78, 5) is 0. The molecule has 0 aliphatic carbocycles. The highest BCUT2D eigenvalue weighted by atomic mass is 16.7. The maximum absolute atomic E-state index is 10.5. The number of hydrogen-bond acceptors (Lipinski definition) is 3. The zero-order valence-corrected chi connectivity index (χ0v) is 12.8. The van der Waals surface area contributed by atoms with Crippen LogP contribution < -0.4 is 4.74 Å². The Morgan fingerprint density at radius 3 is 2.11 bits per heavy atom. The van der Waals surface area contributed by atoms with E-state index in [4.69, 9.17) is 9.47 Å². The van der Waals surface area contributed by atoms with Crippen LogP contribution in [-0.2, 0) is 22.2 Å². The maximum atomic E-state index is 10.5. The van der Waals surface area contributed by atoms with E-state index in [9.17, 15) is 5.11 Å². The molecular weight excluding hydrogens is 240 g/mol. The summed E-state index contributed by atoms with van der Waals surface area (Å²) in [6.07, 6.45) is 0. The lowest BCUT2D eigenvalue weighted by molar-refractivity contribution is -0.0191. The van der Waals surface area contributed by atoms with Crippen molar-refractivity contribution in [1.29, 1.82) is 0 Å². The topological polar surface area (TPSA) is 38.7 Å². The third-order valence-electron chi connectivity index (χ3n) is 3.51. The van der Waals surface area contributed by atoms with E-state index in [-0.39, 0.29) is 23.4 Å². The van der Waals surface area contributed by atoms with Gasteiger partial charge in [0.05, 0.1) is 6.61 Å². The van der Waals surface area contributed by atoms with E-state index >= 15 is 0 Å². The van der Waals surface area contributed by atoms with Gasteiger partial charge in [-0.2, -0.15) is 0 Å². The first-order valence-corrected chi connectivity index (χ1v) is 6.72. The predicted molar refractivity (Wildman–Crippen MR) is 75.8 cm³/mol. The number of benzene rings is 1. The fourth-order valence-electron chi connectivity index (χ4n) is 2.47. The Morgan fingerprint density at radius 2 is 1.58 bits per heavy atom. The van der Waals surface area contributed by atoms with Gasteiger partial charge in [0.15, 0.2) is 18.3 Å². The molecule has 3 nitrogen and oxygen atoms in total. The third-order valence-corrected chi connectivity index (χ3v) is 3.51. The number of rotatable bonds is 0. The minimum atomic E-state index is -0.124. The van der Waals surface area contributed by atoms with Crippen LogP contribution in [0.1, 0.15) is 58.2 Å². The largest absolute Gasteiger partial charge is 0.504 e. The van der Waals surface area contributed by atoms with Gasteiger partial charge in [-0.1, -0.05) is 47.6 Å². The molecule has 1 heterocycles. The Balaban J connectivity index is 2.74. The molecule has 0 bridgehead atoms. The summed E-state index contributed by atoms with van der Waals surface area (Å²) >= 11 is 0. The average Bonchev–Trinajstić information content (AvgIpc) is 2.26. The van der Waals surface area contributed by atoms with Crippen molar-refractivity contribution in [3.05, 3.63) is 22.8 Å². The second-order valence-electron chi connectivity index (χ2n) is 7.24. The lowest BCUT2D eigenvalue weighted by Crippen LogP contribution is -2.23. The van der Waals surface area contributed by atoms with Gasteiger partial charge in [0.25, 0.3) is 0 Å². The molecule has 0 aromatic heterocycles. The van der Waals surface area contributed by atoms with Gasteiger partial charge in [-0.05, 0) is 16.4 Å². The zero-order chi connectivity index (χ0) is 14.4. The molecule has 0 unspecified atom stereocenters. The quantitative estimate of drug-likeness (QED) is 0.773. The summed E-state index contributed by atoms with van der Waals surface area (Å²) < 4.78 is 10.9. The molecule has 1 aliphatic heterocycles. The molecule has 19 heavy (non-hydrogen) atoms. The van der Waals surface area contributed by atoms with Gasteiger partial charge in [-0.25, -0.2) is 0 Å². The molecule has 106 valence electrons. The highest BCUT2D eigenvalue weighted by molar-refractivity contribution is 5.58. The first-order chi connectivity index (χ1) is 8.62. The van der Waals surface area contributed by atoms with Gasteiger partial charge in [-0.15, -0.1) is 0 Å². The van der Waals surface area contributed by atoms with Crippen LogP contribution in [0.5, 0.6) is 11.5 Å². The van der Waals surface area contributed by atoms with E-state index in [2.05, 4.69) is 47.6 Å². The molecular formula is C16H24O3. The summed E-state index contributed by atoms with van der Waals surface area (Å²) in [6.45, 7) is 13.5. The molecule has 0 spiro atoms. The number of phenols is 1. The van der Waals surface area contributed by atoms with Crippen LogP contribution in [0, 0.1) is 0 Å². The lowest BCUT2D eigenvalue weighted by atomic mass is 9.77. The van der Waals surface area contributed by atoms with Crippen molar-refractivity contribution >= 4 is 0 Å². The Labute approximate surface area is 115 Å². The van der Waals surface area contributed by atoms with Crippen molar-refractivity contribution in [2.45, 2.75) is 59.0 Å². The van der Waals surface area contributed by atoms with E-state index < -0.39 is 0 Å². The molecule has 1 aromatic carbocycles. The van der Waals surface area contributed by atoms with Crippen molar-refractivity contribution in [2.24, 2.45) is 0 Å². The molecule has 3 heteroatoms. The SMILES string of the molecule is CC(C)(C)c1cc(C(C)(C)C)c2c(c1O)OCOC2. The van der Waals surface area contributed by atoms with Crippen molar-refractivity contribution in [2.75, 3.05) is 6.79 Å². The van der Waals surface area contributed by atoms with Gasteiger partial charge in [0.2, 0.25) is 0 Å². The summed E-state index contributed by atoms with van der Waals surface area (Å²) in [5.74, 6) is 0.863. The second kappa shape index (κ2) is 4.41. The van der Waals surface area contributed by atoms with Crippen molar-refractivity contribution < 1.29 is 14.6 Å². The van der Waals surface area contributed by atoms with Crippen LogP contribution in [0.3, 0.4) is 0 Å². The Morgan fingerprint density at radius 1 is 1.00 bits per heavy atom. The predicted octanol–water partition coefficient (Wildman–Crippen LogP) is 3.85. The molecule has 0 radical (unpaired) electrons. The number of hydrogen-bond donors (Lipinski definition) is 1. The zero-order valence-electron chi connectivity index (χ0n) is 12.8. The Kier molecular flexibility index (Phi) is 3.29. The minimum absolute atomic E-state index is 0.0121. The van der Waals surface area contributed by atoms with Gasteiger partial charge in [0.1, 0.15) is 0 Å². The number of phenolic OH excluding ortho intramolecular Hbond substituents is 1. The van der Waals surface area contributed by atoms with E-state index in [1.807, 2.05) is 0 Å². The number of ether oxygens (including phenoxy) is 2. The Hall–Kier alpha value is -1.22. The van der Waals surface area contributed by atoms with Crippen molar-refractivity contribution in [1.82, 2.24) is 0 Å². The average molecular weight is 264 g/mol. The highest BCUT2D eigenvalue weighted by Gasteiger charge is 2.31. The van der Waals surface area contributed by atoms with Gasteiger partial charge >= 0.3 is 0 Å². The van der Waals surface area contributed by atoms with Crippen LogP contribution in [0.25, 0.3) is 0 Å². The monoisotopic (exact) mass is 264 g/mol. The first kappa shape index (κ1) is 14.2. The molecule has 0 fully saturated rings. The van der Waals surface area contributed by atoms with Gasteiger partial charge in [0, 0.05) is 11.1 Å². The highest BCUT2D eigenvalue weighted by Crippen LogP contribution is 2.46.